The first-order chi connectivity index (χ1) is 9.63. The van der Waals surface area contributed by atoms with E-state index in [1.165, 1.54) is 16.7 Å². The third-order valence-corrected chi connectivity index (χ3v) is 3.90. The Hall–Kier alpha value is -1.48. The maximum atomic E-state index is 5.96. The molecule has 20 heavy (non-hydrogen) atoms. The SMILES string of the molecule is COc1ccc(OCc2cc(C)ccc2C)c(CBr)c1. The van der Waals surface area contributed by atoms with Crippen LogP contribution in [0.4, 0.5) is 0 Å². The van der Waals surface area contributed by atoms with Crippen LogP contribution in [0.5, 0.6) is 11.5 Å². The lowest BCUT2D eigenvalue weighted by molar-refractivity contribution is 0.302. The highest BCUT2D eigenvalue weighted by atomic mass is 79.9. The van der Waals surface area contributed by atoms with Gasteiger partial charge in [-0.2, -0.15) is 0 Å². The van der Waals surface area contributed by atoms with Gasteiger partial charge in [0.25, 0.3) is 0 Å². The molecule has 2 aromatic rings. The Kier molecular flexibility index (Phi) is 5.07. The summed E-state index contributed by atoms with van der Waals surface area (Å²) in [5.74, 6) is 1.74. The van der Waals surface area contributed by atoms with Crippen molar-refractivity contribution in [2.45, 2.75) is 25.8 Å². The first-order valence-corrected chi connectivity index (χ1v) is 7.68. The molecule has 0 aliphatic carbocycles. The largest absolute Gasteiger partial charge is 0.497 e. The molecule has 0 unspecified atom stereocenters. The summed E-state index contributed by atoms with van der Waals surface area (Å²) in [6.07, 6.45) is 0. The molecule has 2 nitrogen and oxygen atoms in total. The maximum Gasteiger partial charge on any atom is 0.124 e. The molecular weight excluding hydrogens is 316 g/mol. The van der Waals surface area contributed by atoms with E-state index in [0.717, 1.165) is 22.4 Å². The number of halogens is 1. The van der Waals surface area contributed by atoms with Crippen LogP contribution in [0.25, 0.3) is 0 Å². The van der Waals surface area contributed by atoms with Crippen LogP contribution in [0.15, 0.2) is 36.4 Å². The van der Waals surface area contributed by atoms with Crippen LogP contribution >= 0.6 is 15.9 Å². The van der Waals surface area contributed by atoms with Crippen LogP contribution in [0.1, 0.15) is 22.3 Å². The first kappa shape index (κ1) is 14.9. The van der Waals surface area contributed by atoms with Crippen molar-refractivity contribution >= 4 is 15.9 Å². The van der Waals surface area contributed by atoms with Crippen molar-refractivity contribution < 1.29 is 9.47 Å². The second-order valence-electron chi connectivity index (χ2n) is 4.83. The Labute approximate surface area is 128 Å². The minimum Gasteiger partial charge on any atom is -0.497 e. The van der Waals surface area contributed by atoms with Crippen LogP contribution in [0, 0.1) is 13.8 Å². The van der Waals surface area contributed by atoms with Gasteiger partial charge in [0.2, 0.25) is 0 Å². The Morgan fingerprint density at radius 1 is 1.00 bits per heavy atom. The number of hydrogen-bond acceptors (Lipinski definition) is 2. The summed E-state index contributed by atoms with van der Waals surface area (Å²) in [6, 6.07) is 12.3. The van der Waals surface area contributed by atoms with Gasteiger partial charge in [-0.1, -0.05) is 39.7 Å². The molecule has 0 heterocycles. The van der Waals surface area contributed by atoms with E-state index in [2.05, 4.69) is 48.0 Å². The van der Waals surface area contributed by atoms with E-state index in [1.54, 1.807) is 7.11 Å². The molecule has 0 aromatic heterocycles. The van der Waals surface area contributed by atoms with Crippen molar-refractivity contribution in [3.8, 4) is 11.5 Å². The van der Waals surface area contributed by atoms with Crippen LogP contribution in [0.3, 0.4) is 0 Å². The Morgan fingerprint density at radius 3 is 2.50 bits per heavy atom. The van der Waals surface area contributed by atoms with Crippen molar-refractivity contribution in [3.05, 3.63) is 58.7 Å². The van der Waals surface area contributed by atoms with Crippen LogP contribution in [-0.2, 0) is 11.9 Å². The fraction of sp³-hybridized carbons (Fsp3) is 0.294. The molecule has 3 heteroatoms. The molecule has 2 rings (SSSR count). The van der Waals surface area contributed by atoms with Gasteiger partial charge in [-0.15, -0.1) is 0 Å². The minimum absolute atomic E-state index is 0.583. The van der Waals surface area contributed by atoms with Gasteiger partial charge in [0.1, 0.15) is 18.1 Å². The number of rotatable bonds is 5. The summed E-state index contributed by atoms with van der Waals surface area (Å²) >= 11 is 3.49. The zero-order valence-electron chi connectivity index (χ0n) is 12.1. The van der Waals surface area contributed by atoms with Crippen molar-refractivity contribution in [3.63, 3.8) is 0 Å². The lowest BCUT2D eigenvalue weighted by atomic mass is 10.1. The highest BCUT2D eigenvalue weighted by Crippen LogP contribution is 2.27. The number of benzene rings is 2. The summed E-state index contributed by atoms with van der Waals surface area (Å²) in [4.78, 5) is 0. The van der Waals surface area contributed by atoms with Crippen LogP contribution in [-0.4, -0.2) is 7.11 Å². The van der Waals surface area contributed by atoms with Crippen molar-refractivity contribution in [2.75, 3.05) is 7.11 Å². The van der Waals surface area contributed by atoms with E-state index in [4.69, 9.17) is 9.47 Å². The normalized spacial score (nSPS) is 10.4. The second-order valence-corrected chi connectivity index (χ2v) is 5.39. The maximum absolute atomic E-state index is 5.96. The molecule has 0 atom stereocenters. The number of methoxy groups -OCH3 is 1. The predicted molar refractivity (Wildman–Crippen MR) is 85.9 cm³/mol. The lowest BCUT2D eigenvalue weighted by Crippen LogP contribution is -2.00. The third-order valence-electron chi connectivity index (χ3n) is 3.30. The molecule has 0 amide bonds. The Morgan fingerprint density at radius 2 is 1.80 bits per heavy atom. The van der Waals surface area contributed by atoms with Crippen molar-refractivity contribution in [1.29, 1.82) is 0 Å². The lowest BCUT2D eigenvalue weighted by Gasteiger charge is -2.13. The smallest absolute Gasteiger partial charge is 0.124 e. The Balaban J connectivity index is 2.16. The molecular formula is C17H19BrO2. The molecule has 0 saturated carbocycles. The van der Waals surface area contributed by atoms with Crippen molar-refractivity contribution in [1.82, 2.24) is 0 Å². The fourth-order valence-corrected chi connectivity index (χ4v) is 2.48. The van der Waals surface area contributed by atoms with E-state index in [0.29, 0.717) is 6.61 Å². The molecule has 0 aliphatic rings. The minimum atomic E-state index is 0.583. The van der Waals surface area contributed by atoms with E-state index < -0.39 is 0 Å². The van der Waals surface area contributed by atoms with Crippen LogP contribution < -0.4 is 9.47 Å². The predicted octanol–water partition coefficient (Wildman–Crippen LogP) is 4.79. The monoisotopic (exact) mass is 334 g/mol. The summed E-state index contributed by atoms with van der Waals surface area (Å²) in [6.45, 7) is 4.79. The van der Waals surface area contributed by atoms with Crippen molar-refractivity contribution in [2.24, 2.45) is 0 Å². The molecule has 0 spiro atoms. The summed E-state index contributed by atoms with van der Waals surface area (Å²) in [5.41, 5.74) is 4.82. The van der Waals surface area contributed by atoms with Crippen LogP contribution in [0.2, 0.25) is 0 Å². The van der Waals surface area contributed by atoms with Gasteiger partial charge in [-0.05, 0) is 43.2 Å². The standard InChI is InChI=1S/C17H19BrO2/c1-12-4-5-13(2)15(8-12)11-20-17-7-6-16(19-3)9-14(17)10-18/h4-9H,10-11H2,1-3H3. The molecule has 0 N–H and O–H groups in total. The fourth-order valence-electron chi connectivity index (χ4n) is 2.04. The summed E-state index contributed by atoms with van der Waals surface area (Å²) < 4.78 is 11.2. The van der Waals surface area contributed by atoms with Gasteiger partial charge in [-0.3, -0.25) is 0 Å². The van der Waals surface area contributed by atoms with E-state index in [1.807, 2.05) is 18.2 Å². The topological polar surface area (TPSA) is 18.5 Å². The van der Waals surface area contributed by atoms with E-state index >= 15 is 0 Å². The number of alkyl halides is 1. The van der Waals surface area contributed by atoms with Gasteiger partial charge in [0.15, 0.2) is 0 Å². The average Bonchev–Trinajstić information content (AvgIpc) is 2.48. The molecule has 2 aromatic carbocycles. The molecule has 0 radical (unpaired) electrons. The molecule has 0 bridgehead atoms. The van der Waals surface area contributed by atoms with Gasteiger partial charge >= 0.3 is 0 Å². The third kappa shape index (κ3) is 3.54. The number of hydrogen-bond donors (Lipinski definition) is 0. The molecule has 0 fully saturated rings. The summed E-state index contributed by atoms with van der Waals surface area (Å²) in [7, 11) is 1.67. The van der Waals surface area contributed by atoms with Gasteiger partial charge < -0.3 is 9.47 Å². The second kappa shape index (κ2) is 6.80. The highest BCUT2D eigenvalue weighted by Gasteiger charge is 2.06. The van der Waals surface area contributed by atoms with Gasteiger partial charge in [0, 0.05) is 10.9 Å². The average molecular weight is 335 g/mol. The zero-order chi connectivity index (χ0) is 14.5. The number of ether oxygens (including phenoxy) is 2. The van der Waals surface area contributed by atoms with Gasteiger partial charge in [0.05, 0.1) is 7.11 Å². The summed E-state index contributed by atoms with van der Waals surface area (Å²) in [5, 5.41) is 0.742. The first-order valence-electron chi connectivity index (χ1n) is 6.56. The quantitative estimate of drug-likeness (QED) is 0.732. The van der Waals surface area contributed by atoms with E-state index in [-0.39, 0.29) is 0 Å². The highest BCUT2D eigenvalue weighted by molar-refractivity contribution is 9.08. The van der Waals surface area contributed by atoms with Gasteiger partial charge in [-0.25, -0.2) is 0 Å². The Bertz CT molecular complexity index is 594. The van der Waals surface area contributed by atoms with E-state index in [9.17, 15) is 0 Å². The molecule has 0 saturated heterocycles. The zero-order valence-corrected chi connectivity index (χ0v) is 13.7. The number of aryl methyl sites for hydroxylation is 2. The molecule has 106 valence electrons. The molecule has 0 aliphatic heterocycles.